The van der Waals surface area contributed by atoms with Crippen molar-refractivity contribution in [2.45, 2.75) is 58.7 Å². The molecule has 0 fully saturated rings. The molecule has 2 heterocycles. The Bertz CT molecular complexity index is 1300. The third kappa shape index (κ3) is 17.2. The van der Waals surface area contributed by atoms with Crippen molar-refractivity contribution >= 4 is 28.7 Å². The number of amides is 1. The van der Waals surface area contributed by atoms with Gasteiger partial charge in [-0.3, -0.25) is 9.78 Å². The van der Waals surface area contributed by atoms with Gasteiger partial charge in [-0.1, -0.05) is 43.4 Å². The Labute approximate surface area is 253 Å². The largest absolute Gasteiger partial charge is 0.573 e. The van der Waals surface area contributed by atoms with Gasteiger partial charge in [0.1, 0.15) is 17.0 Å². The van der Waals surface area contributed by atoms with Gasteiger partial charge in [0, 0.05) is 37.5 Å². The van der Waals surface area contributed by atoms with Gasteiger partial charge in [-0.05, 0) is 61.2 Å². The number of alkyl halides is 3. The number of anilines is 1. The molecule has 3 aromatic rings. The van der Waals surface area contributed by atoms with Crippen molar-refractivity contribution in [1.29, 1.82) is 0 Å². The predicted octanol–water partition coefficient (Wildman–Crippen LogP) is 5.04. The van der Waals surface area contributed by atoms with Crippen LogP contribution in [0.1, 0.15) is 49.4 Å². The number of carbonyl (C=O) groups excluding carboxylic acids is 2. The number of allylic oxidation sites excluding steroid dienone is 3. The van der Waals surface area contributed by atoms with E-state index in [9.17, 15) is 22.8 Å². The summed E-state index contributed by atoms with van der Waals surface area (Å²) in [6, 6.07) is 10.8. The maximum Gasteiger partial charge on any atom is 0.573 e. The second-order valence-corrected chi connectivity index (χ2v) is 9.50. The van der Waals surface area contributed by atoms with Crippen molar-refractivity contribution in [2.24, 2.45) is 11.5 Å². The molecule has 0 unspecified atom stereocenters. The van der Waals surface area contributed by atoms with E-state index in [0.717, 1.165) is 42.1 Å². The first kappa shape index (κ1) is 36.6. The molecular formula is C29H38F3N7O3S. The molecule has 0 aliphatic rings. The monoisotopic (exact) mass is 621 g/mol. The minimum absolute atomic E-state index is 0.0784. The van der Waals surface area contributed by atoms with Crippen LogP contribution < -0.4 is 26.8 Å². The van der Waals surface area contributed by atoms with E-state index in [1.54, 1.807) is 25.4 Å². The van der Waals surface area contributed by atoms with Gasteiger partial charge in [-0.2, -0.15) is 0 Å². The van der Waals surface area contributed by atoms with Crippen molar-refractivity contribution in [3.05, 3.63) is 88.6 Å². The lowest BCUT2D eigenvalue weighted by atomic mass is 10.1. The summed E-state index contributed by atoms with van der Waals surface area (Å²) in [4.78, 5) is 26.2. The molecule has 0 radical (unpaired) electrons. The molecular weight excluding hydrogens is 583 g/mol. The molecule has 0 spiro atoms. The number of pyridine rings is 1. The lowest BCUT2D eigenvalue weighted by molar-refractivity contribution is -0.274. The van der Waals surface area contributed by atoms with E-state index in [4.69, 9.17) is 11.5 Å². The Morgan fingerprint density at radius 2 is 1.84 bits per heavy atom. The number of nitrogens with zero attached hydrogens (tertiary/aromatic N) is 3. The molecule has 43 heavy (non-hydrogen) atoms. The third-order valence-electron chi connectivity index (χ3n) is 5.10. The number of hydrogen-bond acceptors (Lipinski definition) is 10. The Kier molecular flexibility index (Phi) is 17.4. The van der Waals surface area contributed by atoms with Crippen LogP contribution >= 0.6 is 11.3 Å². The van der Waals surface area contributed by atoms with E-state index in [0.29, 0.717) is 22.8 Å². The molecule has 3 rings (SSSR count). The van der Waals surface area contributed by atoms with Crippen molar-refractivity contribution in [1.82, 2.24) is 20.5 Å². The predicted molar refractivity (Wildman–Crippen MR) is 162 cm³/mol. The fourth-order valence-corrected chi connectivity index (χ4v) is 3.97. The van der Waals surface area contributed by atoms with Gasteiger partial charge in [0.05, 0.1) is 12.2 Å². The average Bonchev–Trinajstić information content (AvgIpc) is 3.42. The number of nitrogens with two attached hydrogens (primary N) is 2. The van der Waals surface area contributed by atoms with Crippen LogP contribution in [0.4, 0.5) is 18.3 Å². The number of aldehydes is 1. The van der Waals surface area contributed by atoms with Crippen molar-refractivity contribution < 1.29 is 27.5 Å². The lowest BCUT2D eigenvalue weighted by Crippen LogP contribution is -2.17. The number of benzene rings is 1. The van der Waals surface area contributed by atoms with Gasteiger partial charge in [0.2, 0.25) is 11.0 Å². The molecule has 0 atom stereocenters. The number of carbonyl (C=O) groups is 2. The summed E-state index contributed by atoms with van der Waals surface area (Å²) in [6.45, 7) is 4.00. The van der Waals surface area contributed by atoms with E-state index < -0.39 is 6.36 Å². The topological polar surface area (TPSA) is 158 Å². The molecule has 234 valence electrons. The Morgan fingerprint density at radius 3 is 2.49 bits per heavy atom. The number of hydrogen-bond donors (Lipinski definition) is 4. The van der Waals surface area contributed by atoms with Crippen molar-refractivity contribution in [3.63, 3.8) is 0 Å². The molecule has 10 nitrogen and oxygen atoms in total. The van der Waals surface area contributed by atoms with Gasteiger partial charge >= 0.3 is 6.36 Å². The third-order valence-corrected chi connectivity index (χ3v) is 6.00. The van der Waals surface area contributed by atoms with Crippen LogP contribution in [-0.2, 0) is 28.9 Å². The van der Waals surface area contributed by atoms with Crippen LogP contribution in [0.15, 0.2) is 72.3 Å². The van der Waals surface area contributed by atoms with Crippen LogP contribution in [0.3, 0.4) is 0 Å². The second-order valence-electron chi connectivity index (χ2n) is 8.43. The summed E-state index contributed by atoms with van der Waals surface area (Å²) in [6.07, 6.45) is 4.92. The lowest BCUT2D eigenvalue weighted by Gasteiger charge is -2.08. The number of ether oxygens (including phenoxy) is 1. The van der Waals surface area contributed by atoms with Gasteiger partial charge in [0.15, 0.2) is 0 Å². The number of aromatic nitrogens is 3. The zero-order valence-corrected chi connectivity index (χ0v) is 25.2. The fraction of sp³-hybridized carbons (Fsp3) is 0.345. The zero-order valence-electron chi connectivity index (χ0n) is 24.4. The van der Waals surface area contributed by atoms with Crippen LogP contribution in [0.2, 0.25) is 0 Å². The SMILES string of the molecule is CC.CN/C(N)=C/C=C(\N)CCCCc1nnc(NC(=O)Cc2ccccn2)s1.O=CCc1cccc(OC(F)(F)F)c1. The molecule has 0 aliphatic carbocycles. The Morgan fingerprint density at radius 1 is 1.07 bits per heavy atom. The first-order chi connectivity index (χ1) is 20.6. The molecule has 1 amide bonds. The van der Waals surface area contributed by atoms with Crippen LogP contribution in [0, 0.1) is 0 Å². The highest BCUT2D eigenvalue weighted by Gasteiger charge is 2.31. The van der Waals surface area contributed by atoms with E-state index >= 15 is 0 Å². The second kappa shape index (κ2) is 20.4. The smallest absolute Gasteiger partial charge is 0.406 e. The average molecular weight is 622 g/mol. The normalized spacial score (nSPS) is 11.3. The van der Waals surface area contributed by atoms with E-state index in [-0.39, 0.29) is 24.5 Å². The van der Waals surface area contributed by atoms with Crippen LogP contribution in [0.5, 0.6) is 5.75 Å². The number of aryl methyl sites for hydroxylation is 1. The molecule has 0 bridgehead atoms. The molecule has 2 aromatic heterocycles. The van der Waals surface area contributed by atoms with E-state index in [2.05, 4.69) is 30.6 Å². The highest BCUT2D eigenvalue weighted by Crippen LogP contribution is 2.23. The summed E-state index contributed by atoms with van der Waals surface area (Å²) in [5.74, 6) is 0.115. The standard InChI is InChI=1S/C18H25N7OS.C9H7F3O2.C2H6/c1-21-15(20)10-9-13(19)6-2-3-8-17-24-25-18(27-17)23-16(26)12-14-7-4-5-11-22-14;10-9(11,12)14-8-3-1-2-7(6-8)4-5-13;1-2/h4-5,7,9-11,21H,2-3,6,8,12,19-20H2,1H3,(H,23,25,26);1-3,5-6H,4H2;1-2H3/b13-9-,15-10+;;. The first-order valence-electron chi connectivity index (χ1n) is 13.5. The molecule has 0 aliphatic heterocycles. The highest BCUT2D eigenvalue weighted by molar-refractivity contribution is 7.15. The first-order valence-corrected chi connectivity index (χ1v) is 14.3. The Balaban J connectivity index is 0.000000485. The van der Waals surface area contributed by atoms with Gasteiger partial charge in [0.25, 0.3) is 0 Å². The van der Waals surface area contributed by atoms with E-state index in [1.807, 2.05) is 38.1 Å². The fourth-order valence-electron chi connectivity index (χ4n) is 3.17. The summed E-state index contributed by atoms with van der Waals surface area (Å²) in [5.41, 5.74) is 13.6. The quantitative estimate of drug-likeness (QED) is 0.117. The van der Waals surface area contributed by atoms with Crippen LogP contribution in [0.25, 0.3) is 0 Å². The van der Waals surface area contributed by atoms with Gasteiger partial charge < -0.3 is 31.6 Å². The van der Waals surface area contributed by atoms with Crippen molar-refractivity contribution in [2.75, 3.05) is 12.4 Å². The van der Waals surface area contributed by atoms with Gasteiger partial charge in [-0.25, -0.2) is 0 Å². The van der Waals surface area contributed by atoms with Gasteiger partial charge in [-0.15, -0.1) is 23.4 Å². The number of rotatable bonds is 13. The maximum atomic E-state index is 12.0. The molecule has 14 heteroatoms. The molecule has 0 saturated carbocycles. The summed E-state index contributed by atoms with van der Waals surface area (Å²) < 4.78 is 39.0. The zero-order chi connectivity index (χ0) is 32.1. The summed E-state index contributed by atoms with van der Waals surface area (Å²) in [7, 11) is 1.76. The Hall–Kier alpha value is -4.46. The molecule has 0 saturated heterocycles. The minimum Gasteiger partial charge on any atom is -0.406 e. The van der Waals surface area contributed by atoms with Crippen LogP contribution in [-0.4, -0.2) is 40.8 Å². The van der Waals surface area contributed by atoms with Crippen molar-refractivity contribution in [3.8, 4) is 5.75 Å². The molecule has 6 N–H and O–H groups in total. The van der Waals surface area contributed by atoms with E-state index in [1.165, 1.54) is 29.5 Å². The maximum absolute atomic E-state index is 12.0. The summed E-state index contributed by atoms with van der Waals surface area (Å²) in [5, 5.41) is 15.1. The summed E-state index contributed by atoms with van der Waals surface area (Å²) >= 11 is 1.39. The number of unbranched alkanes of at least 4 members (excludes halogenated alkanes) is 1. The highest BCUT2D eigenvalue weighted by atomic mass is 32.1. The number of halogens is 3. The minimum atomic E-state index is -4.69. The number of nitrogens with one attached hydrogen (secondary N) is 2. The molecule has 1 aromatic carbocycles.